The number of fused-ring (bicyclic) bond motifs is 2. The number of hydrogen-bond acceptors (Lipinski definition) is 5. The first-order valence-corrected chi connectivity index (χ1v) is 8.38. The Hall–Kier alpha value is -3.45. The van der Waals surface area contributed by atoms with Gasteiger partial charge in [0.15, 0.2) is 0 Å². The molecule has 1 aromatic heterocycles. The van der Waals surface area contributed by atoms with E-state index in [1.54, 1.807) is 31.5 Å². The van der Waals surface area contributed by atoms with Gasteiger partial charge in [-0.25, -0.2) is 4.79 Å². The van der Waals surface area contributed by atoms with Gasteiger partial charge in [0, 0.05) is 30.8 Å². The summed E-state index contributed by atoms with van der Waals surface area (Å²) in [5, 5.41) is 1.20. The summed E-state index contributed by atoms with van der Waals surface area (Å²) in [5.74, 6) is -2.06. The number of methoxy groups -OCH3 is 1. The monoisotopic (exact) mass is 364 g/mol. The van der Waals surface area contributed by atoms with E-state index in [1.807, 2.05) is 22.8 Å². The van der Waals surface area contributed by atoms with Gasteiger partial charge in [-0.1, -0.05) is 35.4 Å². The van der Waals surface area contributed by atoms with E-state index in [9.17, 15) is 14.4 Å². The second-order valence-corrected chi connectivity index (χ2v) is 6.08. The number of amides is 2. The van der Waals surface area contributed by atoms with Crippen LogP contribution in [0.3, 0.4) is 0 Å². The summed E-state index contributed by atoms with van der Waals surface area (Å²) in [5.41, 5.74) is 1.55. The highest BCUT2D eigenvalue weighted by Gasteiger charge is 2.39. The number of carbonyl (C=O) groups is 3. The Morgan fingerprint density at radius 2 is 1.59 bits per heavy atom. The van der Waals surface area contributed by atoms with Crippen molar-refractivity contribution in [3.63, 3.8) is 0 Å². The van der Waals surface area contributed by atoms with Crippen molar-refractivity contribution >= 4 is 28.7 Å². The van der Waals surface area contributed by atoms with Crippen molar-refractivity contribution in [1.29, 1.82) is 0 Å². The van der Waals surface area contributed by atoms with E-state index in [1.165, 1.54) is 12.1 Å². The number of carbonyl (C=O) groups excluding carboxylic acids is 3. The number of hydrogen-bond donors (Lipinski definition) is 0. The fourth-order valence-electron chi connectivity index (χ4n) is 3.17. The first kappa shape index (κ1) is 17.0. The topological polar surface area (TPSA) is 77.8 Å². The smallest absolute Gasteiger partial charge is 0.366 e. The van der Waals surface area contributed by atoms with Crippen LogP contribution in [0.25, 0.3) is 10.9 Å². The predicted molar refractivity (Wildman–Crippen MR) is 96.2 cm³/mol. The van der Waals surface area contributed by atoms with Crippen molar-refractivity contribution < 1.29 is 24.0 Å². The van der Waals surface area contributed by atoms with Crippen molar-refractivity contribution in [2.24, 2.45) is 0 Å². The second kappa shape index (κ2) is 6.69. The van der Waals surface area contributed by atoms with Gasteiger partial charge in [0.05, 0.1) is 23.3 Å². The normalized spacial score (nSPS) is 13.3. The van der Waals surface area contributed by atoms with Gasteiger partial charge in [-0.15, -0.1) is 0 Å². The molecule has 4 rings (SSSR count). The van der Waals surface area contributed by atoms with Crippen molar-refractivity contribution in [3.05, 3.63) is 71.4 Å². The molecule has 0 unspecified atom stereocenters. The van der Waals surface area contributed by atoms with E-state index in [2.05, 4.69) is 0 Å². The summed E-state index contributed by atoms with van der Waals surface area (Å²) in [7, 11) is 1.60. The van der Waals surface area contributed by atoms with Crippen molar-refractivity contribution in [3.8, 4) is 0 Å². The molecule has 0 saturated carbocycles. The molecule has 0 fully saturated rings. The molecule has 0 spiro atoms. The van der Waals surface area contributed by atoms with E-state index in [4.69, 9.17) is 9.57 Å². The molecular formula is C20H16N2O5. The van der Waals surface area contributed by atoms with Gasteiger partial charge >= 0.3 is 5.97 Å². The Morgan fingerprint density at radius 1 is 0.963 bits per heavy atom. The summed E-state index contributed by atoms with van der Waals surface area (Å²) in [6, 6.07) is 13.7. The molecule has 0 radical (unpaired) electrons. The van der Waals surface area contributed by atoms with Crippen LogP contribution in [-0.2, 0) is 16.1 Å². The van der Waals surface area contributed by atoms with Crippen LogP contribution in [0.4, 0.5) is 0 Å². The SMILES string of the molecule is COCCn1cc(C(=O)ON2C(=O)c3ccccc3C2=O)c2ccccc21. The first-order valence-electron chi connectivity index (χ1n) is 8.38. The highest BCUT2D eigenvalue weighted by molar-refractivity contribution is 6.21. The molecule has 7 nitrogen and oxygen atoms in total. The number of benzene rings is 2. The molecule has 0 atom stereocenters. The molecule has 7 heteroatoms. The first-order chi connectivity index (χ1) is 13.1. The number of aromatic nitrogens is 1. The van der Waals surface area contributed by atoms with Gasteiger partial charge in [-0.3, -0.25) is 9.59 Å². The highest BCUT2D eigenvalue weighted by atomic mass is 16.7. The molecule has 1 aliphatic rings. The molecule has 1 aliphatic heterocycles. The lowest BCUT2D eigenvalue weighted by Gasteiger charge is -2.12. The van der Waals surface area contributed by atoms with Gasteiger partial charge in [0.1, 0.15) is 0 Å². The van der Waals surface area contributed by atoms with Crippen molar-refractivity contribution in [1.82, 2.24) is 9.63 Å². The van der Waals surface area contributed by atoms with Gasteiger partial charge in [0.25, 0.3) is 11.8 Å². The average molecular weight is 364 g/mol. The fourth-order valence-corrected chi connectivity index (χ4v) is 3.17. The van der Waals surface area contributed by atoms with Gasteiger partial charge < -0.3 is 14.1 Å². The van der Waals surface area contributed by atoms with Crippen LogP contribution >= 0.6 is 0 Å². The Kier molecular flexibility index (Phi) is 4.21. The largest absolute Gasteiger partial charge is 0.383 e. The summed E-state index contributed by atoms with van der Waals surface area (Å²) in [4.78, 5) is 42.7. The molecular weight excluding hydrogens is 348 g/mol. The fraction of sp³-hybridized carbons (Fsp3) is 0.150. The number of ether oxygens (including phenoxy) is 1. The summed E-state index contributed by atoms with van der Waals surface area (Å²) < 4.78 is 6.97. The van der Waals surface area contributed by atoms with Gasteiger partial charge in [-0.2, -0.15) is 0 Å². The molecule has 2 heterocycles. The number of para-hydroxylation sites is 1. The second-order valence-electron chi connectivity index (χ2n) is 6.08. The van der Waals surface area contributed by atoms with Crippen LogP contribution in [0.1, 0.15) is 31.1 Å². The standard InChI is InChI=1S/C20H16N2O5/c1-26-11-10-21-12-16(13-6-4-5-9-17(13)21)20(25)27-22-18(23)14-7-2-3-8-15(14)19(22)24/h2-9,12H,10-11H2,1H3. The van der Waals surface area contributed by atoms with Crippen LogP contribution in [0, 0.1) is 0 Å². The Bertz CT molecular complexity index is 1030. The quantitative estimate of drug-likeness (QED) is 0.651. The minimum Gasteiger partial charge on any atom is -0.383 e. The lowest BCUT2D eigenvalue weighted by Crippen LogP contribution is -2.32. The zero-order valence-corrected chi connectivity index (χ0v) is 14.5. The predicted octanol–water partition coefficient (Wildman–Crippen LogP) is 2.66. The lowest BCUT2D eigenvalue weighted by molar-refractivity contribution is -0.0583. The van der Waals surface area contributed by atoms with E-state index >= 15 is 0 Å². The average Bonchev–Trinajstić information content (AvgIpc) is 3.18. The minimum absolute atomic E-state index is 0.220. The van der Waals surface area contributed by atoms with E-state index in [0.717, 1.165) is 5.52 Å². The summed E-state index contributed by atoms with van der Waals surface area (Å²) in [6.45, 7) is 1.03. The molecule has 0 saturated heterocycles. The van der Waals surface area contributed by atoms with Crippen LogP contribution in [0.2, 0.25) is 0 Å². The van der Waals surface area contributed by atoms with Gasteiger partial charge in [0.2, 0.25) is 0 Å². The van der Waals surface area contributed by atoms with Crippen molar-refractivity contribution in [2.75, 3.05) is 13.7 Å². The number of hydroxylamine groups is 2. The van der Waals surface area contributed by atoms with Crippen LogP contribution in [0.15, 0.2) is 54.7 Å². The third-order valence-corrected chi connectivity index (χ3v) is 4.48. The van der Waals surface area contributed by atoms with Gasteiger partial charge in [-0.05, 0) is 18.2 Å². The van der Waals surface area contributed by atoms with E-state index in [-0.39, 0.29) is 16.7 Å². The van der Waals surface area contributed by atoms with Crippen LogP contribution < -0.4 is 0 Å². The molecule has 0 aliphatic carbocycles. The molecule has 0 bridgehead atoms. The van der Waals surface area contributed by atoms with E-state index < -0.39 is 17.8 Å². The zero-order chi connectivity index (χ0) is 19.0. The molecule has 3 aromatic rings. The maximum absolute atomic E-state index is 12.7. The summed E-state index contributed by atoms with van der Waals surface area (Å²) in [6.07, 6.45) is 1.64. The molecule has 0 N–H and O–H groups in total. The highest BCUT2D eigenvalue weighted by Crippen LogP contribution is 2.26. The third kappa shape index (κ3) is 2.78. The Morgan fingerprint density at radius 3 is 2.26 bits per heavy atom. The van der Waals surface area contributed by atoms with Crippen LogP contribution in [0.5, 0.6) is 0 Å². The maximum atomic E-state index is 12.7. The van der Waals surface area contributed by atoms with Crippen LogP contribution in [-0.4, -0.2) is 41.1 Å². The minimum atomic E-state index is -0.767. The lowest BCUT2D eigenvalue weighted by atomic mass is 10.1. The zero-order valence-electron chi connectivity index (χ0n) is 14.5. The third-order valence-electron chi connectivity index (χ3n) is 4.48. The molecule has 27 heavy (non-hydrogen) atoms. The van der Waals surface area contributed by atoms with Crippen molar-refractivity contribution in [2.45, 2.75) is 6.54 Å². The Balaban J connectivity index is 1.65. The Labute approximate surface area is 154 Å². The maximum Gasteiger partial charge on any atom is 0.366 e. The van der Waals surface area contributed by atoms with E-state index in [0.29, 0.717) is 23.6 Å². The number of nitrogens with zero attached hydrogens (tertiary/aromatic N) is 2. The molecule has 2 amide bonds. The summed E-state index contributed by atoms with van der Waals surface area (Å²) >= 11 is 0. The molecule has 2 aromatic carbocycles. The number of rotatable bonds is 5. The molecule has 136 valence electrons. The number of imide groups is 1.